The van der Waals surface area contributed by atoms with Gasteiger partial charge in [0.05, 0.1) is 17.6 Å². The minimum absolute atomic E-state index is 0.690. The molecule has 2 aromatic heterocycles. The average Bonchev–Trinajstić information content (AvgIpc) is 3.14. The van der Waals surface area contributed by atoms with Crippen LogP contribution in [0.4, 0.5) is 5.82 Å². The Morgan fingerprint density at radius 3 is 2.35 bits per heavy atom. The van der Waals surface area contributed by atoms with E-state index in [1.54, 1.807) is 18.6 Å². The van der Waals surface area contributed by atoms with E-state index in [2.05, 4.69) is 45.3 Å². The van der Waals surface area contributed by atoms with Gasteiger partial charge in [0, 0.05) is 43.3 Å². The van der Waals surface area contributed by atoms with Crippen molar-refractivity contribution in [1.29, 1.82) is 0 Å². The molecule has 0 bridgehead atoms. The number of benzene rings is 2. The maximum absolute atomic E-state index is 4.85. The highest BCUT2D eigenvalue weighted by atomic mass is 15.3. The lowest BCUT2D eigenvalue weighted by atomic mass is 10.1. The summed E-state index contributed by atoms with van der Waals surface area (Å²) in [6.45, 7) is 0.690. The molecule has 0 saturated heterocycles. The molecule has 4 aromatic rings. The molecule has 128 valence electrons. The summed E-state index contributed by atoms with van der Waals surface area (Å²) in [5, 5.41) is 4.85. The van der Waals surface area contributed by atoms with Crippen molar-refractivity contribution in [2.24, 2.45) is 0 Å². The van der Waals surface area contributed by atoms with E-state index in [0.717, 1.165) is 28.3 Å². The van der Waals surface area contributed by atoms with Gasteiger partial charge in [0.25, 0.3) is 0 Å². The van der Waals surface area contributed by atoms with Crippen molar-refractivity contribution in [3.63, 3.8) is 0 Å². The highest BCUT2D eigenvalue weighted by molar-refractivity contribution is 5.63. The van der Waals surface area contributed by atoms with Gasteiger partial charge in [0.1, 0.15) is 5.82 Å². The van der Waals surface area contributed by atoms with Gasteiger partial charge < -0.3 is 4.90 Å². The Labute approximate surface area is 152 Å². The van der Waals surface area contributed by atoms with E-state index in [-0.39, 0.29) is 0 Å². The van der Waals surface area contributed by atoms with Gasteiger partial charge in [-0.05, 0) is 12.1 Å². The Bertz CT molecular complexity index is 965. The quantitative estimate of drug-likeness (QED) is 0.551. The fourth-order valence-corrected chi connectivity index (χ4v) is 2.90. The molecule has 2 heterocycles. The minimum atomic E-state index is 0.690. The van der Waals surface area contributed by atoms with Crippen LogP contribution in [-0.4, -0.2) is 26.8 Å². The molecule has 0 aliphatic carbocycles. The normalized spacial score (nSPS) is 10.7. The van der Waals surface area contributed by atoms with Crippen molar-refractivity contribution >= 4 is 5.82 Å². The topological polar surface area (TPSA) is 46.8 Å². The first-order valence-electron chi connectivity index (χ1n) is 8.48. The zero-order valence-corrected chi connectivity index (χ0v) is 14.5. The smallest absolute Gasteiger partial charge is 0.147 e. The largest absolute Gasteiger partial charge is 0.354 e. The van der Waals surface area contributed by atoms with Crippen molar-refractivity contribution in [1.82, 2.24) is 19.7 Å². The first-order chi connectivity index (χ1) is 12.8. The fraction of sp³-hybridized carbons (Fsp3) is 0.0952. The Morgan fingerprint density at radius 2 is 1.65 bits per heavy atom. The predicted octanol–water partition coefficient (Wildman–Crippen LogP) is 3.97. The zero-order chi connectivity index (χ0) is 17.8. The standard InChI is InChI=1S/C21H19N5/c1-25(20-14-22-12-13-23-20)15-18-16-26(19-10-6-3-7-11-19)24-21(18)17-8-4-2-5-9-17/h2-14,16H,15H2,1H3. The molecule has 0 radical (unpaired) electrons. The van der Waals surface area contributed by atoms with Crippen LogP contribution in [-0.2, 0) is 6.54 Å². The molecule has 0 aliphatic rings. The molecule has 4 rings (SSSR count). The van der Waals surface area contributed by atoms with Crippen molar-refractivity contribution in [2.75, 3.05) is 11.9 Å². The molecule has 0 amide bonds. The molecule has 5 heteroatoms. The summed E-state index contributed by atoms with van der Waals surface area (Å²) >= 11 is 0. The molecular weight excluding hydrogens is 322 g/mol. The van der Waals surface area contributed by atoms with Crippen LogP contribution in [0.5, 0.6) is 0 Å². The summed E-state index contributed by atoms with van der Waals surface area (Å²) in [7, 11) is 2.01. The van der Waals surface area contributed by atoms with E-state index >= 15 is 0 Å². The van der Waals surface area contributed by atoms with Crippen LogP contribution in [0.2, 0.25) is 0 Å². The summed E-state index contributed by atoms with van der Waals surface area (Å²) in [4.78, 5) is 10.6. The lowest BCUT2D eigenvalue weighted by molar-refractivity contribution is 0.874. The van der Waals surface area contributed by atoms with E-state index in [0.29, 0.717) is 6.54 Å². The maximum atomic E-state index is 4.85. The van der Waals surface area contributed by atoms with Gasteiger partial charge in [-0.2, -0.15) is 5.10 Å². The summed E-state index contributed by atoms with van der Waals surface area (Å²) < 4.78 is 1.93. The number of para-hydroxylation sites is 1. The lowest BCUT2D eigenvalue weighted by Gasteiger charge is -2.17. The van der Waals surface area contributed by atoms with E-state index < -0.39 is 0 Å². The summed E-state index contributed by atoms with van der Waals surface area (Å²) in [5.74, 6) is 0.832. The van der Waals surface area contributed by atoms with E-state index in [1.165, 1.54) is 0 Å². The Morgan fingerprint density at radius 1 is 0.923 bits per heavy atom. The van der Waals surface area contributed by atoms with Crippen molar-refractivity contribution in [2.45, 2.75) is 6.54 Å². The van der Waals surface area contributed by atoms with Gasteiger partial charge in [-0.15, -0.1) is 0 Å². The highest BCUT2D eigenvalue weighted by Gasteiger charge is 2.14. The SMILES string of the molecule is CN(Cc1cn(-c2ccccc2)nc1-c1ccccc1)c1cnccn1. The van der Waals surface area contributed by atoms with Gasteiger partial charge in [-0.25, -0.2) is 9.67 Å². The summed E-state index contributed by atoms with van der Waals surface area (Å²) in [6, 6.07) is 20.4. The third-order valence-electron chi connectivity index (χ3n) is 4.21. The third-order valence-corrected chi connectivity index (χ3v) is 4.21. The van der Waals surface area contributed by atoms with Gasteiger partial charge in [0.2, 0.25) is 0 Å². The molecule has 0 atom stereocenters. The van der Waals surface area contributed by atoms with Gasteiger partial charge >= 0.3 is 0 Å². The first-order valence-corrected chi connectivity index (χ1v) is 8.48. The molecule has 0 spiro atoms. The second-order valence-electron chi connectivity index (χ2n) is 6.07. The maximum Gasteiger partial charge on any atom is 0.147 e. The van der Waals surface area contributed by atoms with E-state index in [9.17, 15) is 0 Å². The fourth-order valence-electron chi connectivity index (χ4n) is 2.90. The summed E-state index contributed by atoms with van der Waals surface area (Å²) in [6.07, 6.45) is 7.24. The van der Waals surface area contributed by atoms with Crippen LogP contribution in [0.1, 0.15) is 5.56 Å². The van der Waals surface area contributed by atoms with Gasteiger partial charge in [-0.1, -0.05) is 48.5 Å². The Balaban J connectivity index is 1.73. The Hall–Kier alpha value is -3.47. The van der Waals surface area contributed by atoms with Crippen LogP contribution in [0.15, 0.2) is 85.5 Å². The van der Waals surface area contributed by atoms with Crippen molar-refractivity contribution in [3.05, 3.63) is 91.0 Å². The Kier molecular flexibility index (Phi) is 4.43. The number of anilines is 1. The molecule has 2 aromatic carbocycles. The molecule has 0 saturated carbocycles. The first kappa shape index (κ1) is 16.0. The van der Waals surface area contributed by atoms with Crippen LogP contribution in [0, 0.1) is 0 Å². The molecule has 26 heavy (non-hydrogen) atoms. The number of hydrogen-bond acceptors (Lipinski definition) is 4. The zero-order valence-electron chi connectivity index (χ0n) is 14.5. The van der Waals surface area contributed by atoms with Crippen LogP contribution >= 0.6 is 0 Å². The highest BCUT2D eigenvalue weighted by Crippen LogP contribution is 2.25. The number of nitrogens with zero attached hydrogens (tertiary/aromatic N) is 5. The molecule has 5 nitrogen and oxygen atoms in total. The molecule has 0 N–H and O–H groups in total. The van der Waals surface area contributed by atoms with E-state index in [1.807, 2.05) is 48.1 Å². The second kappa shape index (κ2) is 7.19. The second-order valence-corrected chi connectivity index (χ2v) is 6.07. The van der Waals surface area contributed by atoms with Crippen molar-refractivity contribution in [3.8, 4) is 16.9 Å². The average molecular weight is 341 g/mol. The number of hydrogen-bond donors (Lipinski definition) is 0. The van der Waals surface area contributed by atoms with Gasteiger partial charge in [0.15, 0.2) is 0 Å². The third kappa shape index (κ3) is 3.32. The summed E-state index contributed by atoms with van der Waals surface area (Å²) in [5.41, 5.74) is 4.25. The lowest BCUT2D eigenvalue weighted by Crippen LogP contribution is -2.17. The van der Waals surface area contributed by atoms with Crippen LogP contribution in [0.3, 0.4) is 0 Å². The molecule has 0 unspecified atom stereocenters. The monoisotopic (exact) mass is 341 g/mol. The predicted molar refractivity (Wildman–Crippen MR) is 103 cm³/mol. The number of rotatable bonds is 5. The van der Waals surface area contributed by atoms with E-state index in [4.69, 9.17) is 5.10 Å². The molecule has 0 aliphatic heterocycles. The molecular formula is C21H19N5. The van der Waals surface area contributed by atoms with Crippen LogP contribution < -0.4 is 4.90 Å². The van der Waals surface area contributed by atoms with Crippen molar-refractivity contribution < 1.29 is 0 Å². The van der Waals surface area contributed by atoms with Crippen LogP contribution in [0.25, 0.3) is 16.9 Å². The van der Waals surface area contributed by atoms with Gasteiger partial charge in [-0.3, -0.25) is 4.98 Å². The molecule has 0 fully saturated rings. The minimum Gasteiger partial charge on any atom is -0.354 e. The number of aromatic nitrogens is 4.